The molecule has 0 aliphatic rings. The third-order valence-electron chi connectivity index (χ3n) is 0.825. The van der Waals surface area contributed by atoms with Gasteiger partial charge in [-0.1, -0.05) is 0 Å². The molecule has 0 bridgehead atoms. The van der Waals surface area contributed by atoms with Gasteiger partial charge in [0.05, 0.1) is 22.9 Å². The molecule has 0 atom stereocenters. The molecular formula is C4H4IN3O. The molecule has 9 heavy (non-hydrogen) atoms. The Balaban J connectivity index is 3.43. The van der Waals surface area contributed by atoms with E-state index in [0.29, 0.717) is 5.82 Å². The monoisotopic (exact) mass is 237 g/mol. The summed E-state index contributed by atoms with van der Waals surface area (Å²) in [6, 6.07) is 1.56. The van der Waals surface area contributed by atoms with Gasteiger partial charge in [-0.3, -0.25) is 0 Å². The van der Waals surface area contributed by atoms with Crippen molar-refractivity contribution in [3.05, 3.63) is 22.7 Å². The average Bonchev–Trinajstić information content (AvgIpc) is 1.83. The van der Waals surface area contributed by atoms with Crippen LogP contribution in [0.25, 0.3) is 0 Å². The van der Waals surface area contributed by atoms with E-state index in [9.17, 15) is 4.79 Å². The van der Waals surface area contributed by atoms with Gasteiger partial charge in [0.2, 0.25) is 0 Å². The Kier molecular flexibility index (Phi) is 1.70. The third-order valence-corrected chi connectivity index (χ3v) is 1.79. The largest absolute Gasteiger partial charge is 0.384 e. The Bertz CT molecular complexity index is 269. The maximum absolute atomic E-state index is 10.6. The summed E-state index contributed by atoms with van der Waals surface area (Å²) in [5.74, 6) is 0.413. The predicted molar refractivity (Wildman–Crippen MR) is 42.3 cm³/mol. The fourth-order valence-corrected chi connectivity index (χ4v) is 0.689. The molecular weight excluding hydrogens is 233 g/mol. The minimum Gasteiger partial charge on any atom is -0.384 e. The second kappa shape index (κ2) is 2.34. The van der Waals surface area contributed by atoms with Crippen LogP contribution in [0.3, 0.4) is 0 Å². The molecule has 0 aromatic carbocycles. The molecule has 0 saturated carbocycles. The van der Waals surface area contributed by atoms with Gasteiger partial charge in [0.1, 0.15) is 5.82 Å². The van der Waals surface area contributed by atoms with Crippen molar-refractivity contribution in [3.63, 3.8) is 0 Å². The number of nitrogens with two attached hydrogens (primary N) is 1. The van der Waals surface area contributed by atoms with Gasteiger partial charge < -0.3 is 5.73 Å². The molecule has 0 aliphatic carbocycles. The molecule has 1 rings (SSSR count). The molecule has 0 unspecified atom stereocenters. The highest BCUT2D eigenvalue weighted by Gasteiger charge is 1.92. The minimum absolute atomic E-state index is 0.337. The highest BCUT2D eigenvalue weighted by molar-refractivity contribution is 14.1. The van der Waals surface area contributed by atoms with E-state index in [-0.39, 0.29) is 5.69 Å². The lowest BCUT2D eigenvalue weighted by Gasteiger charge is -1.94. The maximum Gasteiger partial charge on any atom is 0.358 e. The van der Waals surface area contributed by atoms with Gasteiger partial charge in [-0.2, -0.15) is 0 Å². The van der Waals surface area contributed by atoms with Crippen LogP contribution in [0.2, 0.25) is 0 Å². The van der Waals surface area contributed by atoms with Crippen molar-refractivity contribution in [3.8, 4) is 0 Å². The summed E-state index contributed by atoms with van der Waals surface area (Å²) in [5, 5.41) is 0. The lowest BCUT2D eigenvalue weighted by atomic mass is 10.6. The molecule has 4 nitrogen and oxygen atoms in total. The molecule has 1 aromatic heterocycles. The zero-order valence-electron chi connectivity index (χ0n) is 4.41. The molecule has 0 saturated heterocycles. The van der Waals surface area contributed by atoms with Crippen molar-refractivity contribution in [2.75, 3.05) is 5.73 Å². The van der Waals surface area contributed by atoms with Gasteiger partial charge in [0, 0.05) is 6.20 Å². The molecule has 1 aromatic rings. The molecule has 48 valence electrons. The van der Waals surface area contributed by atoms with Gasteiger partial charge in [-0.15, -0.1) is 0 Å². The number of halogens is 1. The van der Waals surface area contributed by atoms with Crippen LogP contribution < -0.4 is 11.4 Å². The number of hydrogen-bond acceptors (Lipinski definition) is 3. The van der Waals surface area contributed by atoms with E-state index in [1.165, 1.54) is 8.98 Å². The first-order valence-electron chi connectivity index (χ1n) is 2.21. The Morgan fingerprint density at radius 1 is 1.78 bits per heavy atom. The minimum atomic E-state index is -0.337. The van der Waals surface area contributed by atoms with Crippen LogP contribution in [0.5, 0.6) is 0 Å². The number of anilines is 1. The lowest BCUT2D eigenvalue weighted by molar-refractivity contribution is 1.06. The van der Waals surface area contributed by atoms with E-state index in [4.69, 9.17) is 5.73 Å². The Morgan fingerprint density at radius 3 is 2.89 bits per heavy atom. The van der Waals surface area contributed by atoms with Crippen LogP contribution in [0, 0.1) is 0 Å². The van der Waals surface area contributed by atoms with E-state index in [1.807, 2.05) is 0 Å². The SMILES string of the molecule is Nc1ccnc(=O)n1I. The van der Waals surface area contributed by atoms with Crippen molar-refractivity contribution in [2.24, 2.45) is 0 Å². The number of nitrogens with zero attached hydrogens (tertiary/aromatic N) is 2. The molecule has 1 heterocycles. The Morgan fingerprint density at radius 2 is 2.44 bits per heavy atom. The summed E-state index contributed by atoms with van der Waals surface area (Å²) in [7, 11) is 0. The summed E-state index contributed by atoms with van der Waals surface area (Å²) in [6.45, 7) is 0. The third kappa shape index (κ3) is 1.21. The second-order valence-electron chi connectivity index (χ2n) is 1.43. The predicted octanol–water partition coefficient (Wildman–Crippen LogP) is 0.0236. The summed E-state index contributed by atoms with van der Waals surface area (Å²) in [6.07, 6.45) is 1.38. The summed E-state index contributed by atoms with van der Waals surface area (Å²) >= 11 is 1.79. The molecule has 0 aliphatic heterocycles. The summed E-state index contributed by atoms with van der Waals surface area (Å²) in [4.78, 5) is 14.1. The molecule has 2 N–H and O–H groups in total. The first-order chi connectivity index (χ1) is 4.22. The van der Waals surface area contributed by atoms with Gasteiger partial charge in [-0.25, -0.2) is 12.6 Å². The highest BCUT2D eigenvalue weighted by Crippen LogP contribution is 1.97. The molecule has 0 fully saturated rings. The van der Waals surface area contributed by atoms with Crippen molar-refractivity contribution in [1.29, 1.82) is 0 Å². The number of aromatic nitrogens is 2. The zero-order valence-corrected chi connectivity index (χ0v) is 6.57. The maximum atomic E-state index is 10.6. The summed E-state index contributed by atoms with van der Waals surface area (Å²) < 4.78 is 1.25. The van der Waals surface area contributed by atoms with Crippen molar-refractivity contribution in [1.82, 2.24) is 7.76 Å². The van der Waals surface area contributed by atoms with Gasteiger partial charge in [0.25, 0.3) is 0 Å². The fraction of sp³-hybridized carbons (Fsp3) is 0. The number of rotatable bonds is 0. The first-order valence-corrected chi connectivity index (χ1v) is 3.18. The second-order valence-corrected chi connectivity index (χ2v) is 2.40. The number of nitrogen functional groups attached to an aromatic ring is 1. The topological polar surface area (TPSA) is 60.9 Å². The van der Waals surface area contributed by atoms with Crippen LogP contribution in [-0.4, -0.2) is 7.76 Å². The normalized spacial score (nSPS) is 9.44. The van der Waals surface area contributed by atoms with E-state index in [0.717, 1.165) is 0 Å². The Labute approximate surface area is 65.2 Å². The highest BCUT2D eigenvalue weighted by atomic mass is 127. The van der Waals surface area contributed by atoms with Crippen LogP contribution in [0.1, 0.15) is 0 Å². The molecule has 0 spiro atoms. The van der Waals surface area contributed by atoms with Gasteiger partial charge >= 0.3 is 5.69 Å². The van der Waals surface area contributed by atoms with E-state index >= 15 is 0 Å². The van der Waals surface area contributed by atoms with Crippen molar-refractivity contribution in [2.45, 2.75) is 0 Å². The van der Waals surface area contributed by atoms with Crippen molar-refractivity contribution >= 4 is 28.7 Å². The first kappa shape index (κ1) is 6.53. The molecule has 0 amide bonds. The van der Waals surface area contributed by atoms with Crippen LogP contribution in [0.15, 0.2) is 17.1 Å². The van der Waals surface area contributed by atoms with Gasteiger partial charge in [-0.05, 0) is 6.07 Å². The van der Waals surface area contributed by atoms with Crippen LogP contribution in [0.4, 0.5) is 5.82 Å². The van der Waals surface area contributed by atoms with E-state index in [1.54, 1.807) is 28.9 Å². The van der Waals surface area contributed by atoms with E-state index < -0.39 is 0 Å². The smallest absolute Gasteiger partial charge is 0.358 e. The van der Waals surface area contributed by atoms with Gasteiger partial charge in [0.15, 0.2) is 0 Å². The van der Waals surface area contributed by atoms with Crippen LogP contribution in [-0.2, 0) is 0 Å². The summed E-state index contributed by atoms with van der Waals surface area (Å²) in [5.41, 5.74) is 5.00. The Hall–Kier alpha value is -0.590. The average molecular weight is 237 g/mol. The van der Waals surface area contributed by atoms with Crippen molar-refractivity contribution < 1.29 is 0 Å². The fourth-order valence-electron chi connectivity index (χ4n) is 0.404. The lowest BCUT2D eigenvalue weighted by Crippen LogP contribution is -2.17. The zero-order chi connectivity index (χ0) is 6.85. The standard InChI is InChI=1S/C4H4IN3O/c5-8-3(6)1-2-7-4(8)9/h1-2H,6H2. The molecule has 0 radical (unpaired) electrons. The number of hydrogen-bond donors (Lipinski definition) is 1. The quantitative estimate of drug-likeness (QED) is 0.647. The molecule has 5 heteroatoms. The van der Waals surface area contributed by atoms with E-state index in [2.05, 4.69) is 4.98 Å². The van der Waals surface area contributed by atoms with Crippen LogP contribution >= 0.6 is 22.9 Å².